The van der Waals surface area contributed by atoms with Crippen molar-refractivity contribution in [1.82, 2.24) is 4.57 Å². The van der Waals surface area contributed by atoms with E-state index in [-0.39, 0.29) is 19.2 Å². The molecule has 1 aliphatic heterocycles. The zero-order chi connectivity index (χ0) is 21.3. The molecule has 3 aromatic rings. The Morgan fingerprint density at radius 1 is 1.10 bits per heavy atom. The van der Waals surface area contributed by atoms with Crippen molar-refractivity contribution in [2.75, 3.05) is 20.5 Å². The van der Waals surface area contributed by atoms with Crippen molar-refractivity contribution in [1.29, 1.82) is 5.26 Å². The van der Waals surface area contributed by atoms with Gasteiger partial charge in [0.1, 0.15) is 0 Å². The number of Topliss-reactive ketones (excluding diaryl/α,β-unsaturated/α-hetero) is 1. The molecule has 1 aliphatic rings. The summed E-state index contributed by atoms with van der Waals surface area (Å²) in [7, 11) is 1.49. The van der Waals surface area contributed by atoms with Crippen LogP contribution in [-0.4, -0.2) is 30.9 Å². The molecule has 0 saturated carbocycles. The van der Waals surface area contributed by atoms with E-state index in [0.29, 0.717) is 34.1 Å². The SMILES string of the molecule is COc1cc(C#N)ccc1OCC(=O)c1cc(C)n(-c2ccc3c(c2)OCO3)c1C. The molecule has 2 heterocycles. The highest BCUT2D eigenvalue weighted by atomic mass is 16.7. The highest BCUT2D eigenvalue weighted by Crippen LogP contribution is 2.35. The van der Waals surface area contributed by atoms with Crippen LogP contribution in [0.15, 0.2) is 42.5 Å². The third-order valence-corrected chi connectivity index (χ3v) is 5.00. The summed E-state index contributed by atoms with van der Waals surface area (Å²) in [5.74, 6) is 2.06. The van der Waals surface area contributed by atoms with Crippen molar-refractivity contribution in [3.8, 4) is 34.8 Å². The van der Waals surface area contributed by atoms with Crippen LogP contribution in [0.3, 0.4) is 0 Å². The number of aryl methyl sites for hydroxylation is 1. The average Bonchev–Trinajstić information content (AvgIpc) is 3.34. The lowest BCUT2D eigenvalue weighted by Crippen LogP contribution is -2.13. The molecule has 0 unspecified atom stereocenters. The molecule has 7 nitrogen and oxygen atoms in total. The van der Waals surface area contributed by atoms with Gasteiger partial charge in [0.25, 0.3) is 0 Å². The van der Waals surface area contributed by atoms with E-state index < -0.39 is 0 Å². The van der Waals surface area contributed by atoms with Gasteiger partial charge in [-0.05, 0) is 44.2 Å². The van der Waals surface area contributed by atoms with Gasteiger partial charge in [-0.1, -0.05) is 0 Å². The summed E-state index contributed by atoms with van der Waals surface area (Å²) in [6, 6.07) is 14.4. The van der Waals surface area contributed by atoms with E-state index in [1.54, 1.807) is 18.2 Å². The van der Waals surface area contributed by atoms with Gasteiger partial charge in [0, 0.05) is 34.8 Å². The van der Waals surface area contributed by atoms with Crippen LogP contribution < -0.4 is 18.9 Å². The number of ketones is 1. The highest BCUT2D eigenvalue weighted by Gasteiger charge is 2.20. The molecule has 0 radical (unpaired) electrons. The second-order valence-corrected chi connectivity index (χ2v) is 6.85. The van der Waals surface area contributed by atoms with Gasteiger partial charge in [-0.2, -0.15) is 5.26 Å². The Labute approximate surface area is 174 Å². The van der Waals surface area contributed by atoms with Crippen LogP contribution in [0.1, 0.15) is 27.3 Å². The van der Waals surface area contributed by atoms with Crippen molar-refractivity contribution in [3.05, 3.63) is 65.0 Å². The molecule has 0 saturated heterocycles. The number of nitrogens with zero attached hydrogens (tertiary/aromatic N) is 2. The van der Waals surface area contributed by atoms with Crippen molar-refractivity contribution in [3.63, 3.8) is 0 Å². The van der Waals surface area contributed by atoms with Gasteiger partial charge < -0.3 is 23.5 Å². The van der Waals surface area contributed by atoms with E-state index >= 15 is 0 Å². The largest absolute Gasteiger partial charge is 0.493 e. The second-order valence-electron chi connectivity index (χ2n) is 6.85. The molecule has 30 heavy (non-hydrogen) atoms. The molecular weight excluding hydrogens is 384 g/mol. The quantitative estimate of drug-likeness (QED) is 0.578. The molecule has 1 aromatic heterocycles. The lowest BCUT2D eigenvalue weighted by atomic mass is 10.1. The Balaban J connectivity index is 1.56. The summed E-state index contributed by atoms with van der Waals surface area (Å²) in [5.41, 5.74) is 3.66. The van der Waals surface area contributed by atoms with Gasteiger partial charge >= 0.3 is 0 Å². The lowest BCUT2D eigenvalue weighted by Gasteiger charge is -2.12. The van der Waals surface area contributed by atoms with Crippen LogP contribution in [-0.2, 0) is 0 Å². The predicted octanol–water partition coefficient (Wildman–Crippen LogP) is 3.96. The van der Waals surface area contributed by atoms with Gasteiger partial charge in [-0.3, -0.25) is 4.79 Å². The fourth-order valence-electron chi connectivity index (χ4n) is 3.54. The Bertz CT molecular complexity index is 1170. The zero-order valence-electron chi connectivity index (χ0n) is 16.9. The summed E-state index contributed by atoms with van der Waals surface area (Å²) >= 11 is 0. The van der Waals surface area contributed by atoms with E-state index in [4.69, 9.17) is 24.2 Å². The molecule has 0 fully saturated rings. The molecule has 0 spiro atoms. The minimum Gasteiger partial charge on any atom is -0.493 e. The number of fused-ring (bicyclic) bond motifs is 1. The number of carbonyl (C=O) groups excluding carboxylic acids is 1. The summed E-state index contributed by atoms with van der Waals surface area (Å²) in [6.45, 7) is 3.90. The number of hydrogen-bond donors (Lipinski definition) is 0. The van der Waals surface area contributed by atoms with Crippen molar-refractivity contribution in [2.45, 2.75) is 13.8 Å². The van der Waals surface area contributed by atoms with Crippen LogP contribution in [0.5, 0.6) is 23.0 Å². The van der Waals surface area contributed by atoms with Gasteiger partial charge in [0.05, 0.1) is 18.7 Å². The number of nitriles is 1. The first-order valence-corrected chi connectivity index (χ1v) is 9.35. The smallest absolute Gasteiger partial charge is 0.231 e. The summed E-state index contributed by atoms with van der Waals surface area (Å²) in [6.07, 6.45) is 0. The first kappa shape index (κ1) is 19.4. The van der Waals surface area contributed by atoms with E-state index in [2.05, 4.69) is 0 Å². The van der Waals surface area contributed by atoms with Crippen LogP contribution in [0.4, 0.5) is 0 Å². The minimum atomic E-state index is -0.151. The maximum atomic E-state index is 12.9. The van der Waals surface area contributed by atoms with E-state index in [1.807, 2.05) is 48.7 Å². The fraction of sp³-hybridized carbons (Fsp3) is 0.217. The van der Waals surface area contributed by atoms with Gasteiger partial charge in [-0.15, -0.1) is 0 Å². The fourth-order valence-corrected chi connectivity index (χ4v) is 3.54. The minimum absolute atomic E-state index is 0.145. The number of ether oxygens (including phenoxy) is 4. The number of aromatic nitrogens is 1. The van der Waals surface area contributed by atoms with Crippen molar-refractivity contribution < 1.29 is 23.7 Å². The topological polar surface area (TPSA) is 82.7 Å². The molecule has 2 aromatic carbocycles. The van der Waals surface area contributed by atoms with Crippen LogP contribution in [0.2, 0.25) is 0 Å². The number of carbonyl (C=O) groups is 1. The monoisotopic (exact) mass is 404 g/mol. The van der Waals surface area contributed by atoms with Crippen molar-refractivity contribution in [2.24, 2.45) is 0 Å². The second kappa shape index (κ2) is 7.84. The number of benzene rings is 2. The first-order valence-electron chi connectivity index (χ1n) is 9.35. The van der Waals surface area contributed by atoms with Gasteiger partial charge in [0.2, 0.25) is 12.6 Å². The third kappa shape index (κ3) is 3.44. The first-order chi connectivity index (χ1) is 14.5. The van der Waals surface area contributed by atoms with Gasteiger partial charge in [0.15, 0.2) is 29.6 Å². The molecule has 0 N–H and O–H groups in total. The normalized spacial score (nSPS) is 11.8. The van der Waals surface area contributed by atoms with Crippen LogP contribution in [0, 0.1) is 25.2 Å². The number of methoxy groups -OCH3 is 1. The van der Waals surface area contributed by atoms with Crippen LogP contribution in [0.25, 0.3) is 5.69 Å². The standard InChI is InChI=1S/C23H20N2O5/c1-14-8-18(15(2)25(14)17-5-7-21-23(10-17)30-13-29-21)19(26)12-28-20-6-4-16(11-24)9-22(20)27-3/h4-10H,12-13H2,1-3H3. The predicted molar refractivity (Wildman–Crippen MR) is 109 cm³/mol. The third-order valence-electron chi connectivity index (χ3n) is 5.00. The van der Waals surface area contributed by atoms with E-state index in [9.17, 15) is 4.79 Å². The molecule has 0 bridgehead atoms. The van der Waals surface area contributed by atoms with Crippen LogP contribution >= 0.6 is 0 Å². The van der Waals surface area contributed by atoms with E-state index in [1.165, 1.54) is 7.11 Å². The molecule has 0 amide bonds. The molecular formula is C23H20N2O5. The summed E-state index contributed by atoms with van der Waals surface area (Å²) < 4.78 is 23.8. The average molecular weight is 404 g/mol. The maximum Gasteiger partial charge on any atom is 0.231 e. The Hall–Kier alpha value is -3.92. The zero-order valence-corrected chi connectivity index (χ0v) is 16.9. The van der Waals surface area contributed by atoms with Crippen molar-refractivity contribution >= 4 is 5.78 Å². The molecule has 7 heteroatoms. The van der Waals surface area contributed by atoms with E-state index in [0.717, 1.165) is 17.1 Å². The Morgan fingerprint density at radius 2 is 1.90 bits per heavy atom. The maximum absolute atomic E-state index is 12.9. The summed E-state index contributed by atoms with van der Waals surface area (Å²) in [5, 5.41) is 9.00. The Morgan fingerprint density at radius 3 is 2.67 bits per heavy atom. The highest BCUT2D eigenvalue weighted by molar-refractivity contribution is 5.98. The molecule has 0 aliphatic carbocycles. The summed E-state index contributed by atoms with van der Waals surface area (Å²) in [4.78, 5) is 12.9. The Kier molecular flexibility index (Phi) is 5.07. The molecule has 0 atom stereocenters. The lowest BCUT2D eigenvalue weighted by molar-refractivity contribution is 0.0919. The molecule has 4 rings (SSSR count). The number of rotatable bonds is 6. The van der Waals surface area contributed by atoms with Gasteiger partial charge in [-0.25, -0.2) is 0 Å². The number of hydrogen-bond acceptors (Lipinski definition) is 6. The molecule has 152 valence electrons.